The molecular formula is C27H26BrN3O3. The van der Waals surface area contributed by atoms with Gasteiger partial charge in [-0.3, -0.25) is 4.40 Å². The van der Waals surface area contributed by atoms with Crippen molar-refractivity contribution in [3.05, 3.63) is 76.9 Å². The number of pyridine rings is 1. The summed E-state index contributed by atoms with van der Waals surface area (Å²) in [7, 11) is 1.57. The number of nitrogens with one attached hydrogen (secondary N) is 1. The standard InChI is InChI=1S/C27H26BrN3O3/c1-33-21-11-7-8-18(16-21)27(32)34-23-13-6-5-12-22(23)25-26(29-20-9-3-2-4-10-20)31-17-19(28)14-15-24(31)30-25/h5-8,11-17,20,29H,2-4,9-10H2,1H3. The number of benzene rings is 2. The van der Waals surface area contributed by atoms with Gasteiger partial charge in [0.05, 0.1) is 12.7 Å². The number of hydrogen-bond acceptors (Lipinski definition) is 5. The Kier molecular flexibility index (Phi) is 6.54. The number of esters is 1. The molecule has 5 rings (SSSR count). The van der Waals surface area contributed by atoms with Crippen LogP contribution < -0.4 is 14.8 Å². The second kappa shape index (κ2) is 9.89. The molecule has 0 radical (unpaired) electrons. The quantitative estimate of drug-likeness (QED) is 0.226. The Morgan fingerprint density at radius 3 is 2.71 bits per heavy atom. The van der Waals surface area contributed by atoms with Gasteiger partial charge < -0.3 is 14.8 Å². The normalized spacial score (nSPS) is 14.2. The maximum Gasteiger partial charge on any atom is 0.343 e. The zero-order chi connectivity index (χ0) is 23.5. The van der Waals surface area contributed by atoms with Gasteiger partial charge in [0.1, 0.15) is 28.7 Å². The van der Waals surface area contributed by atoms with Gasteiger partial charge in [0.2, 0.25) is 0 Å². The lowest BCUT2D eigenvalue weighted by Gasteiger charge is -2.24. The molecule has 2 aromatic carbocycles. The predicted molar refractivity (Wildman–Crippen MR) is 137 cm³/mol. The minimum Gasteiger partial charge on any atom is -0.497 e. The molecule has 0 spiro atoms. The molecule has 4 aromatic rings. The number of hydrogen-bond donors (Lipinski definition) is 1. The highest BCUT2D eigenvalue weighted by atomic mass is 79.9. The second-order valence-corrected chi connectivity index (χ2v) is 9.40. The first-order valence-corrected chi connectivity index (χ1v) is 12.3. The number of carbonyl (C=O) groups is 1. The first-order chi connectivity index (χ1) is 16.6. The number of carbonyl (C=O) groups excluding carboxylic acids is 1. The molecule has 34 heavy (non-hydrogen) atoms. The van der Waals surface area contributed by atoms with Crippen LogP contribution in [0.25, 0.3) is 16.9 Å². The molecule has 2 heterocycles. The smallest absolute Gasteiger partial charge is 0.343 e. The number of nitrogens with zero attached hydrogens (tertiary/aromatic N) is 2. The molecule has 1 aliphatic rings. The van der Waals surface area contributed by atoms with Crippen molar-refractivity contribution in [2.75, 3.05) is 12.4 Å². The van der Waals surface area contributed by atoms with E-state index in [9.17, 15) is 4.79 Å². The largest absolute Gasteiger partial charge is 0.497 e. The Balaban J connectivity index is 1.55. The number of anilines is 1. The second-order valence-electron chi connectivity index (χ2n) is 8.48. The van der Waals surface area contributed by atoms with E-state index < -0.39 is 5.97 Å². The van der Waals surface area contributed by atoms with Gasteiger partial charge in [-0.2, -0.15) is 0 Å². The van der Waals surface area contributed by atoms with Gasteiger partial charge in [0, 0.05) is 22.3 Å². The Hall–Kier alpha value is -3.32. The van der Waals surface area contributed by atoms with Gasteiger partial charge in [0.15, 0.2) is 0 Å². The molecule has 1 fully saturated rings. The number of rotatable bonds is 6. The fourth-order valence-electron chi connectivity index (χ4n) is 4.44. The average molecular weight is 520 g/mol. The fraction of sp³-hybridized carbons (Fsp3) is 0.259. The Labute approximate surface area is 207 Å². The highest BCUT2D eigenvalue weighted by molar-refractivity contribution is 9.10. The summed E-state index contributed by atoms with van der Waals surface area (Å²) in [6.45, 7) is 0. The average Bonchev–Trinajstić information content (AvgIpc) is 3.22. The first-order valence-electron chi connectivity index (χ1n) is 11.5. The van der Waals surface area contributed by atoms with Gasteiger partial charge >= 0.3 is 5.97 Å². The third-order valence-electron chi connectivity index (χ3n) is 6.18. The van der Waals surface area contributed by atoms with Crippen LogP contribution in [-0.2, 0) is 0 Å². The van der Waals surface area contributed by atoms with Gasteiger partial charge in [-0.15, -0.1) is 0 Å². The van der Waals surface area contributed by atoms with Crippen molar-refractivity contribution in [3.63, 3.8) is 0 Å². The molecule has 1 saturated carbocycles. The lowest BCUT2D eigenvalue weighted by Crippen LogP contribution is -2.23. The summed E-state index contributed by atoms with van der Waals surface area (Å²) in [6.07, 6.45) is 8.01. The first kappa shape index (κ1) is 22.5. The molecule has 2 aromatic heterocycles. The van der Waals surface area contributed by atoms with Crippen LogP contribution in [0.3, 0.4) is 0 Å². The summed E-state index contributed by atoms with van der Waals surface area (Å²) in [5, 5.41) is 3.75. The number of para-hydroxylation sites is 1. The van der Waals surface area contributed by atoms with Gasteiger partial charge in [0.25, 0.3) is 0 Å². The van der Waals surface area contributed by atoms with E-state index in [4.69, 9.17) is 14.5 Å². The molecule has 174 valence electrons. The monoisotopic (exact) mass is 519 g/mol. The van der Waals surface area contributed by atoms with Gasteiger partial charge in [-0.05, 0) is 71.2 Å². The Morgan fingerprint density at radius 1 is 1.06 bits per heavy atom. The Bertz CT molecular complexity index is 1330. The van der Waals surface area contributed by atoms with E-state index in [0.717, 1.165) is 40.0 Å². The molecule has 0 aliphatic heterocycles. The summed E-state index contributed by atoms with van der Waals surface area (Å²) < 4.78 is 14.1. The van der Waals surface area contributed by atoms with Crippen molar-refractivity contribution in [3.8, 4) is 22.8 Å². The number of aromatic nitrogens is 2. The summed E-state index contributed by atoms with van der Waals surface area (Å²) in [6, 6.07) is 18.8. The number of halogens is 1. The fourth-order valence-corrected chi connectivity index (χ4v) is 4.78. The van der Waals surface area contributed by atoms with Gasteiger partial charge in [-0.25, -0.2) is 9.78 Å². The van der Waals surface area contributed by atoms with Crippen molar-refractivity contribution in [2.24, 2.45) is 0 Å². The highest BCUT2D eigenvalue weighted by Crippen LogP contribution is 2.37. The zero-order valence-electron chi connectivity index (χ0n) is 19.0. The molecule has 1 aliphatic carbocycles. The SMILES string of the molecule is COc1cccc(C(=O)Oc2ccccc2-c2nc3ccc(Br)cn3c2NC2CCCCC2)c1. The summed E-state index contributed by atoms with van der Waals surface area (Å²) in [5.74, 6) is 1.53. The van der Waals surface area contributed by atoms with Crippen LogP contribution in [0, 0.1) is 0 Å². The summed E-state index contributed by atoms with van der Waals surface area (Å²) >= 11 is 3.59. The zero-order valence-corrected chi connectivity index (χ0v) is 20.5. The maximum absolute atomic E-state index is 13.0. The predicted octanol–water partition coefficient (Wildman–Crippen LogP) is 6.74. The minimum absolute atomic E-state index is 0.387. The molecule has 6 nitrogen and oxygen atoms in total. The van der Waals surface area contributed by atoms with Crippen LogP contribution in [0.4, 0.5) is 5.82 Å². The van der Waals surface area contributed by atoms with Crippen LogP contribution in [0.2, 0.25) is 0 Å². The molecule has 0 unspecified atom stereocenters. The number of methoxy groups -OCH3 is 1. The van der Waals surface area contributed by atoms with Crippen molar-refractivity contribution in [2.45, 2.75) is 38.1 Å². The van der Waals surface area contributed by atoms with Crippen LogP contribution in [0.5, 0.6) is 11.5 Å². The lowest BCUT2D eigenvalue weighted by atomic mass is 9.95. The van der Waals surface area contributed by atoms with Crippen LogP contribution in [0.1, 0.15) is 42.5 Å². The van der Waals surface area contributed by atoms with Crippen LogP contribution in [-0.4, -0.2) is 28.5 Å². The number of ether oxygens (including phenoxy) is 2. The third kappa shape index (κ3) is 4.66. The molecule has 0 saturated heterocycles. The third-order valence-corrected chi connectivity index (χ3v) is 6.65. The van der Waals surface area contributed by atoms with Crippen molar-refractivity contribution >= 4 is 33.4 Å². The highest BCUT2D eigenvalue weighted by Gasteiger charge is 2.23. The molecular weight excluding hydrogens is 494 g/mol. The van der Waals surface area contributed by atoms with Crippen molar-refractivity contribution in [1.82, 2.24) is 9.38 Å². The van der Waals surface area contributed by atoms with E-state index in [-0.39, 0.29) is 0 Å². The maximum atomic E-state index is 13.0. The van der Waals surface area contributed by atoms with E-state index in [0.29, 0.717) is 23.1 Å². The summed E-state index contributed by atoms with van der Waals surface area (Å²) in [4.78, 5) is 17.9. The van der Waals surface area contributed by atoms with Crippen molar-refractivity contribution in [1.29, 1.82) is 0 Å². The molecule has 0 bridgehead atoms. The number of fused-ring (bicyclic) bond motifs is 1. The number of imidazole rings is 1. The molecule has 0 atom stereocenters. The van der Waals surface area contributed by atoms with E-state index >= 15 is 0 Å². The van der Waals surface area contributed by atoms with Crippen molar-refractivity contribution < 1.29 is 14.3 Å². The van der Waals surface area contributed by atoms with E-state index in [2.05, 4.69) is 25.6 Å². The lowest BCUT2D eigenvalue weighted by molar-refractivity contribution is 0.0735. The molecule has 0 amide bonds. The summed E-state index contributed by atoms with van der Waals surface area (Å²) in [5.41, 5.74) is 2.77. The minimum atomic E-state index is -0.445. The Morgan fingerprint density at radius 2 is 1.88 bits per heavy atom. The van der Waals surface area contributed by atoms with Gasteiger partial charge in [-0.1, -0.05) is 37.5 Å². The van der Waals surface area contributed by atoms with E-state index in [1.807, 2.05) is 36.5 Å². The molecule has 7 heteroatoms. The van der Waals surface area contributed by atoms with Crippen LogP contribution in [0.15, 0.2) is 71.3 Å². The van der Waals surface area contributed by atoms with E-state index in [1.165, 1.54) is 19.3 Å². The van der Waals surface area contributed by atoms with Crippen LogP contribution >= 0.6 is 15.9 Å². The van der Waals surface area contributed by atoms with E-state index in [1.54, 1.807) is 37.4 Å². The molecule has 1 N–H and O–H groups in total. The topological polar surface area (TPSA) is 64.9 Å².